The second-order valence-electron chi connectivity index (χ2n) is 5.11. The first-order chi connectivity index (χ1) is 11.9. The highest BCUT2D eigenvalue weighted by atomic mass is 32.2. The van der Waals surface area contributed by atoms with Crippen molar-refractivity contribution in [3.8, 4) is 23.3 Å². The number of ether oxygens (including phenoxy) is 2. The summed E-state index contributed by atoms with van der Waals surface area (Å²) >= 11 is 0. The molecular weight excluding hydrogens is 342 g/mol. The summed E-state index contributed by atoms with van der Waals surface area (Å²) in [5.41, 5.74) is 0.864. The number of nitriles is 1. The minimum absolute atomic E-state index is 0.0234. The van der Waals surface area contributed by atoms with E-state index in [1.807, 2.05) is 6.07 Å². The second-order valence-corrected chi connectivity index (χ2v) is 6.68. The number of pyridine rings is 1. The maximum Gasteiger partial charge on any atom is 0.238 e. The molecule has 2 N–H and O–H groups in total. The maximum atomic E-state index is 11.3. The van der Waals surface area contributed by atoms with Crippen LogP contribution in [0.5, 0.6) is 17.2 Å². The summed E-state index contributed by atoms with van der Waals surface area (Å²) in [6.45, 7) is 0. The van der Waals surface area contributed by atoms with Crippen molar-refractivity contribution in [2.45, 2.75) is 4.90 Å². The third-order valence-electron chi connectivity index (χ3n) is 3.52. The zero-order valence-corrected chi connectivity index (χ0v) is 13.9. The van der Waals surface area contributed by atoms with Gasteiger partial charge in [0, 0.05) is 17.6 Å². The van der Waals surface area contributed by atoms with E-state index in [4.69, 9.17) is 14.6 Å². The number of nitrogens with two attached hydrogens (primary N) is 1. The van der Waals surface area contributed by atoms with E-state index < -0.39 is 10.0 Å². The predicted octanol–water partition coefficient (Wildman–Crippen LogP) is 2.55. The van der Waals surface area contributed by atoms with Crippen LogP contribution < -0.4 is 14.6 Å². The first-order valence-corrected chi connectivity index (χ1v) is 8.64. The first kappa shape index (κ1) is 16.7. The molecular formula is C17H13N3O4S. The molecule has 1 heterocycles. The molecule has 7 nitrogen and oxygen atoms in total. The zero-order valence-electron chi connectivity index (χ0n) is 13.1. The minimum atomic E-state index is -3.78. The van der Waals surface area contributed by atoms with Gasteiger partial charge in [-0.3, -0.25) is 4.98 Å². The molecule has 0 saturated carbocycles. The first-order valence-electron chi connectivity index (χ1n) is 7.10. The van der Waals surface area contributed by atoms with Gasteiger partial charge in [0.2, 0.25) is 10.0 Å². The maximum absolute atomic E-state index is 11.3. The molecule has 0 spiro atoms. The Hall–Kier alpha value is -3.15. The molecule has 0 fully saturated rings. The van der Waals surface area contributed by atoms with Gasteiger partial charge in [0.15, 0.2) is 5.75 Å². The van der Waals surface area contributed by atoms with Crippen molar-refractivity contribution in [3.05, 3.63) is 54.2 Å². The van der Waals surface area contributed by atoms with E-state index in [-0.39, 0.29) is 10.5 Å². The lowest BCUT2D eigenvalue weighted by Gasteiger charge is -2.11. The highest BCUT2D eigenvalue weighted by molar-refractivity contribution is 7.89. The van der Waals surface area contributed by atoms with Crippen molar-refractivity contribution in [1.82, 2.24) is 4.98 Å². The molecule has 3 rings (SSSR count). The van der Waals surface area contributed by atoms with Gasteiger partial charge in [-0.05, 0) is 36.4 Å². The molecule has 0 amide bonds. The van der Waals surface area contributed by atoms with Gasteiger partial charge in [-0.2, -0.15) is 5.26 Å². The van der Waals surface area contributed by atoms with Gasteiger partial charge in [0.25, 0.3) is 0 Å². The molecule has 0 aliphatic rings. The Morgan fingerprint density at radius 1 is 1.12 bits per heavy atom. The van der Waals surface area contributed by atoms with Crippen LogP contribution in [0.15, 0.2) is 53.6 Å². The molecule has 3 aromatic rings. The van der Waals surface area contributed by atoms with E-state index in [1.165, 1.54) is 30.5 Å². The smallest absolute Gasteiger partial charge is 0.238 e. The Morgan fingerprint density at radius 3 is 2.40 bits per heavy atom. The highest BCUT2D eigenvalue weighted by Gasteiger charge is 2.13. The molecule has 0 aliphatic carbocycles. The summed E-state index contributed by atoms with van der Waals surface area (Å²) < 4.78 is 33.6. The number of rotatable bonds is 4. The Kier molecular flexibility index (Phi) is 4.27. The van der Waals surface area contributed by atoms with Gasteiger partial charge in [-0.1, -0.05) is 0 Å². The third-order valence-corrected chi connectivity index (χ3v) is 4.45. The van der Waals surface area contributed by atoms with Crippen molar-refractivity contribution in [2.24, 2.45) is 5.14 Å². The van der Waals surface area contributed by atoms with E-state index in [0.717, 1.165) is 0 Å². The van der Waals surface area contributed by atoms with E-state index in [9.17, 15) is 13.7 Å². The third kappa shape index (κ3) is 3.38. The molecule has 126 valence electrons. The standard InChI is InChI=1S/C17H13N3O4S/c1-23-13-4-7-15-16(8-13)20-10-11(9-18)17(15)24-12-2-5-14(6-3-12)25(19,21)22/h2-8,10H,1H3,(H2,19,21,22). The lowest BCUT2D eigenvalue weighted by atomic mass is 10.1. The van der Waals surface area contributed by atoms with Gasteiger partial charge < -0.3 is 9.47 Å². The van der Waals surface area contributed by atoms with Crippen LogP contribution >= 0.6 is 0 Å². The van der Waals surface area contributed by atoms with Crippen LogP contribution in [-0.4, -0.2) is 20.5 Å². The Balaban J connectivity index is 2.07. The number of hydrogen-bond acceptors (Lipinski definition) is 6. The molecule has 2 aromatic carbocycles. The second kappa shape index (κ2) is 6.39. The van der Waals surface area contributed by atoms with E-state index in [0.29, 0.717) is 28.2 Å². The quantitative estimate of drug-likeness (QED) is 0.769. The number of aromatic nitrogens is 1. The lowest BCUT2D eigenvalue weighted by molar-refractivity contribution is 0.415. The Labute approximate surface area is 144 Å². The van der Waals surface area contributed by atoms with Crippen LogP contribution in [0.4, 0.5) is 0 Å². The van der Waals surface area contributed by atoms with Crippen LogP contribution in [0.2, 0.25) is 0 Å². The fourth-order valence-electron chi connectivity index (χ4n) is 2.28. The summed E-state index contributed by atoms with van der Waals surface area (Å²) in [5, 5.41) is 15.0. The molecule has 0 unspecified atom stereocenters. The summed E-state index contributed by atoms with van der Waals surface area (Å²) in [6, 6.07) is 12.9. The molecule has 1 aromatic heterocycles. The van der Waals surface area contributed by atoms with Crippen molar-refractivity contribution >= 4 is 20.9 Å². The molecule has 0 atom stereocenters. The molecule has 0 aliphatic heterocycles. The van der Waals surface area contributed by atoms with Crippen molar-refractivity contribution < 1.29 is 17.9 Å². The summed E-state index contributed by atoms with van der Waals surface area (Å²) in [6.07, 6.45) is 1.41. The summed E-state index contributed by atoms with van der Waals surface area (Å²) in [5.74, 6) is 1.33. The average molecular weight is 355 g/mol. The minimum Gasteiger partial charge on any atom is -0.497 e. The fraction of sp³-hybridized carbons (Fsp3) is 0.0588. The Morgan fingerprint density at radius 2 is 1.80 bits per heavy atom. The largest absolute Gasteiger partial charge is 0.497 e. The monoisotopic (exact) mass is 355 g/mol. The normalized spacial score (nSPS) is 11.1. The SMILES string of the molecule is COc1ccc2c(Oc3ccc(S(N)(=O)=O)cc3)c(C#N)cnc2c1. The van der Waals surface area contributed by atoms with Crippen LogP contribution in [0.1, 0.15) is 5.56 Å². The average Bonchev–Trinajstić information content (AvgIpc) is 2.61. The number of sulfonamides is 1. The Bertz CT molecular complexity index is 1090. The number of methoxy groups -OCH3 is 1. The molecule has 0 bridgehead atoms. The fourth-order valence-corrected chi connectivity index (χ4v) is 2.80. The zero-order chi connectivity index (χ0) is 18.0. The van der Waals surface area contributed by atoms with E-state index in [1.54, 1.807) is 25.3 Å². The molecule has 8 heteroatoms. The molecule has 25 heavy (non-hydrogen) atoms. The van der Waals surface area contributed by atoms with Crippen molar-refractivity contribution in [1.29, 1.82) is 5.26 Å². The van der Waals surface area contributed by atoms with Crippen LogP contribution in [-0.2, 0) is 10.0 Å². The number of benzene rings is 2. The van der Waals surface area contributed by atoms with E-state index in [2.05, 4.69) is 4.98 Å². The van der Waals surface area contributed by atoms with Crippen LogP contribution in [0, 0.1) is 11.3 Å². The lowest BCUT2D eigenvalue weighted by Crippen LogP contribution is -2.11. The van der Waals surface area contributed by atoms with Gasteiger partial charge in [-0.25, -0.2) is 13.6 Å². The van der Waals surface area contributed by atoms with E-state index >= 15 is 0 Å². The van der Waals surface area contributed by atoms with Crippen LogP contribution in [0.25, 0.3) is 10.9 Å². The number of primary sulfonamides is 1. The number of nitrogens with zero attached hydrogens (tertiary/aromatic N) is 2. The van der Waals surface area contributed by atoms with Gasteiger partial charge in [-0.15, -0.1) is 0 Å². The summed E-state index contributed by atoms with van der Waals surface area (Å²) in [7, 11) is -2.23. The van der Waals surface area contributed by atoms with Crippen LogP contribution in [0.3, 0.4) is 0 Å². The van der Waals surface area contributed by atoms with Gasteiger partial charge >= 0.3 is 0 Å². The molecule has 0 saturated heterocycles. The van der Waals surface area contributed by atoms with Crippen molar-refractivity contribution in [3.63, 3.8) is 0 Å². The predicted molar refractivity (Wildman–Crippen MR) is 90.9 cm³/mol. The van der Waals surface area contributed by atoms with Crippen molar-refractivity contribution in [2.75, 3.05) is 7.11 Å². The van der Waals surface area contributed by atoms with Gasteiger partial charge in [0.1, 0.15) is 23.1 Å². The molecule has 0 radical (unpaired) electrons. The summed E-state index contributed by atoms with van der Waals surface area (Å²) in [4.78, 5) is 4.21. The highest BCUT2D eigenvalue weighted by Crippen LogP contribution is 2.34. The van der Waals surface area contributed by atoms with Gasteiger partial charge in [0.05, 0.1) is 17.5 Å². The number of hydrogen-bond donors (Lipinski definition) is 1. The number of fused-ring (bicyclic) bond motifs is 1. The topological polar surface area (TPSA) is 115 Å².